The molecule has 0 radical (unpaired) electrons. The molecular weight excluding hydrogens is 291 g/mol. The third-order valence-corrected chi connectivity index (χ3v) is 3.25. The lowest BCUT2D eigenvalue weighted by Gasteiger charge is -2.05. The van der Waals surface area contributed by atoms with Gasteiger partial charge in [0.15, 0.2) is 0 Å². The number of carboxylic acids is 1. The van der Waals surface area contributed by atoms with Gasteiger partial charge < -0.3 is 10.1 Å². The van der Waals surface area contributed by atoms with Crippen LogP contribution in [0.4, 0.5) is 0 Å². The number of nitrogens with one attached hydrogen (secondary N) is 1. The molecule has 1 aromatic heterocycles. The molecule has 0 aliphatic heterocycles. The smallest absolute Gasteiger partial charge is 0.343 e. The van der Waals surface area contributed by atoms with Crippen molar-refractivity contribution in [3.63, 3.8) is 0 Å². The number of aromatic carboxylic acids is 1. The van der Waals surface area contributed by atoms with E-state index in [1.54, 1.807) is 18.2 Å². The van der Waals surface area contributed by atoms with E-state index < -0.39 is 11.5 Å². The first-order chi connectivity index (χ1) is 8.90. The summed E-state index contributed by atoms with van der Waals surface area (Å²) >= 11 is 11.7. The number of aromatic nitrogens is 2. The molecule has 1 heterocycles. The molecule has 0 spiro atoms. The average molecular weight is 299 g/mol. The molecule has 2 N–H and O–H groups in total. The van der Waals surface area contributed by atoms with Crippen LogP contribution in [0.2, 0.25) is 10.0 Å². The van der Waals surface area contributed by atoms with Gasteiger partial charge in [-0.2, -0.15) is 0 Å². The van der Waals surface area contributed by atoms with Crippen molar-refractivity contribution in [1.82, 2.24) is 9.97 Å². The molecule has 0 fully saturated rings. The van der Waals surface area contributed by atoms with E-state index in [0.717, 1.165) is 0 Å². The predicted molar refractivity (Wildman–Crippen MR) is 72.0 cm³/mol. The van der Waals surface area contributed by atoms with E-state index in [1.807, 2.05) is 0 Å². The summed E-state index contributed by atoms with van der Waals surface area (Å²) in [5.74, 6) is -1.07. The first-order valence-electron chi connectivity index (χ1n) is 5.20. The number of H-pyrrole nitrogens is 1. The van der Waals surface area contributed by atoms with Crippen LogP contribution in [0.25, 0.3) is 11.4 Å². The molecule has 1 aromatic carbocycles. The zero-order chi connectivity index (χ0) is 14.2. The number of hydrogen-bond acceptors (Lipinski definition) is 3. The molecule has 98 valence electrons. The average Bonchev–Trinajstić information content (AvgIpc) is 2.31. The Balaban J connectivity index is 2.61. The quantitative estimate of drug-likeness (QED) is 0.893. The summed E-state index contributed by atoms with van der Waals surface area (Å²) in [6.45, 7) is 1.46. The number of carbonyl (C=O) groups is 1. The number of aromatic amines is 1. The van der Waals surface area contributed by atoms with Crippen LogP contribution in [0.3, 0.4) is 0 Å². The van der Waals surface area contributed by atoms with E-state index in [1.165, 1.54) is 6.92 Å². The Morgan fingerprint density at radius 2 is 2.00 bits per heavy atom. The van der Waals surface area contributed by atoms with Gasteiger partial charge in [0.2, 0.25) is 0 Å². The van der Waals surface area contributed by atoms with Crippen molar-refractivity contribution in [2.24, 2.45) is 0 Å². The maximum absolute atomic E-state index is 11.7. The van der Waals surface area contributed by atoms with Crippen molar-refractivity contribution >= 4 is 29.2 Å². The second-order valence-corrected chi connectivity index (χ2v) is 4.62. The molecule has 0 amide bonds. The van der Waals surface area contributed by atoms with Crippen molar-refractivity contribution in [2.45, 2.75) is 6.92 Å². The second kappa shape index (κ2) is 5.03. The second-order valence-electron chi connectivity index (χ2n) is 3.81. The van der Waals surface area contributed by atoms with E-state index in [-0.39, 0.29) is 17.1 Å². The number of hydrogen-bond donors (Lipinski definition) is 2. The van der Waals surface area contributed by atoms with Crippen LogP contribution in [0.5, 0.6) is 0 Å². The number of benzene rings is 1. The molecule has 0 aliphatic rings. The maximum Gasteiger partial charge on any atom is 0.343 e. The van der Waals surface area contributed by atoms with E-state index in [4.69, 9.17) is 28.3 Å². The summed E-state index contributed by atoms with van der Waals surface area (Å²) in [5, 5.41) is 9.59. The van der Waals surface area contributed by atoms with Gasteiger partial charge in [0.25, 0.3) is 5.56 Å². The van der Waals surface area contributed by atoms with Crippen molar-refractivity contribution in [3.05, 3.63) is 49.9 Å². The monoisotopic (exact) mass is 298 g/mol. The normalized spacial score (nSPS) is 10.5. The number of carboxylic acid groups (broad SMARTS) is 1. The fraction of sp³-hybridized carbons (Fsp3) is 0.0833. The molecular formula is C12H8Cl2N2O3. The third kappa shape index (κ3) is 2.62. The molecule has 0 aliphatic carbocycles. The molecule has 2 aromatic rings. The largest absolute Gasteiger partial charge is 0.477 e. The lowest BCUT2D eigenvalue weighted by atomic mass is 10.2. The van der Waals surface area contributed by atoms with Crippen LogP contribution in [0.1, 0.15) is 16.1 Å². The molecule has 0 atom stereocenters. The zero-order valence-corrected chi connectivity index (χ0v) is 11.2. The summed E-state index contributed by atoms with van der Waals surface area (Å²) in [5.41, 5.74) is -0.395. The summed E-state index contributed by atoms with van der Waals surface area (Å²) in [7, 11) is 0. The molecule has 2 rings (SSSR count). The van der Waals surface area contributed by atoms with Crippen LogP contribution >= 0.6 is 23.2 Å². The highest BCUT2D eigenvalue weighted by Gasteiger charge is 2.15. The minimum Gasteiger partial charge on any atom is -0.477 e. The maximum atomic E-state index is 11.7. The van der Waals surface area contributed by atoms with Crippen molar-refractivity contribution in [2.75, 3.05) is 0 Å². The molecule has 5 nitrogen and oxygen atoms in total. The van der Waals surface area contributed by atoms with E-state index in [2.05, 4.69) is 9.97 Å². The fourth-order valence-corrected chi connectivity index (χ4v) is 1.92. The van der Waals surface area contributed by atoms with Crippen LogP contribution in [-0.2, 0) is 0 Å². The van der Waals surface area contributed by atoms with Crippen molar-refractivity contribution in [1.29, 1.82) is 0 Å². The SMILES string of the molecule is Cc1nc(-c2ccc(Cl)c(Cl)c2)[nH]c(=O)c1C(=O)O. The summed E-state index contributed by atoms with van der Waals surface area (Å²) in [6.07, 6.45) is 0. The number of nitrogens with zero attached hydrogens (tertiary/aromatic N) is 1. The van der Waals surface area contributed by atoms with Crippen molar-refractivity contribution in [3.8, 4) is 11.4 Å². The van der Waals surface area contributed by atoms with E-state index in [0.29, 0.717) is 15.6 Å². The molecule has 0 bridgehead atoms. The van der Waals surface area contributed by atoms with Gasteiger partial charge >= 0.3 is 5.97 Å². The summed E-state index contributed by atoms with van der Waals surface area (Å²) in [6, 6.07) is 4.74. The number of rotatable bonds is 2. The Labute approximate surface area is 117 Å². The minimum absolute atomic E-state index is 0.136. The van der Waals surface area contributed by atoms with Gasteiger partial charge in [-0.05, 0) is 25.1 Å². The highest BCUT2D eigenvalue weighted by molar-refractivity contribution is 6.42. The third-order valence-electron chi connectivity index (χ3n) is 2.51. The van der Waals surface area contributed by atoms with Crippen LogP contribution in [-0.4, -0.2) is 21.0 Å². The van der Waals surface area contributed by atoms with Gasteiger partial charge in [0.05, 0.1) is 15.7 Å². The molecule has 0 saturated carbocycles. The standard InChI is InChI=1S/C12H8Cl2N2O3/c1-5-9(12(18)19)11(17)16-10(15-5)6-2-3-7(13)8(14)4-6/h2-4H,1H3,(H,18,19)(H,15,16,17). The molecule has 7 heteroatoms. The predicted octanol–water partition coefficient (Wildman–Crippen LogP) is 2.75. The van der Waals surface area contributed by atoms with E-state index in [9.17, 15) is 9.59 Å². The fourth-order valence-electron chi connectivity index (χ4n) is 1.62. The van der Waals surface area contributed by atoms with Gasteiger partial charge in [0, 0.05) is 5.56 Å². The minimum atomic E-state index is -1.31. The first kappa shape index (κ1) is 13.6. The van der Waals surface area contributed by atoms with Gasteiger partial charge in [-0.3, -0.25) is 4.79 Å². The van der Waals surface area contributed by atoms with Gasteiger partial charge in [-0.15, -0.1) is 0 Å². The van der Waals surface area contributed by atoms with Gasteiger partial charge in [0.1, 0.15) is 11.4 Å². The van der Waals surface area contributed by atoms with Gasteiger partial charge in [-0.25, -0.2) is 9.78 Å². The summed E-state index contributed by atoms with van der Waals surface area (Å²) < 4.78 is 0. The lowest BCUT2D eigenvalue weighted by Crippen LogP contribution is -2.21. The van der Waals surface area contributed by atoms with Gasteiger partial charge in [-0.1, -0.05) is 23.2 Å². The molecule has 0 saturated heterocycles. The zero-order valence-electron chi connectivity index (χ0n) is 9.70. The molecule has 19 heavy (non-hydrogen) atoms. The molecule has 0 unspecified atom stereocenters. The topological polar surface area (TPSA) is 83.0 Å². The van der Waals surface area contributed by atoms with Crippen molar-refractivity contribution < 1.29 is 9.90 Å². The Hall–Kier alpha value is -1.85. The number of halogens is 2. The Morgan fingerprint density at radius 1 is 1.32 bits per heavy atom. The Bertz CT molecular complexity index is 725. The van der Waals surface area contributed by atoms with Crippen LogP contribution < -0.4 is 5.56 Å². The Kier molecular flexibility index (Phi) is 3.59. The van der Waals surface area contributed by atoms with E-state index >= 15 is 0 Å². The first-order valence-corrected chi connectivity index (χ1v) is 5.95. The highest BCUT2D eigenvalue weighted by Crippen LogP contribution is 2.26. The highest BCUT2D eigenvalue weighted by atomic mass is 35.5. The number of aryl methyl sites for hydroxylation is 1. The van der Waals surface area contributed by atoms with Crippen LogP contribution in [0.15, 0.2) is 23.0 Å². The van der Waals surface area contributed by atoms with Crippen LogP contribution in [0, 0.1) is 6.92 Å². The Morgan fingerprint density at radius 3 is 2.53 bits per heavy atom. The lowest BCUT2D eigenvalue weighted by molar-refractivity contribution is 0.0693. The summed E-state index contributed by atoms with van der Waals surface area (Å²) in [4.78, 5) is 29.1.